The predicted molar refractivity (Wildman–Crippen MR) is 55.1 cm³/mol. The Morgan fingerprint density at radius 2 is 1.74 bits per heavy atom. The van der Waals surface area contributed by atoms with Crippen molar-refractivity contribution in [2.24, 2.45) is 0 Å². The van der Waals surface area contributed by atoms with E-state index in [4.69, 9.17) is 0 Å². The van der Waals surface area contributed by atoms with Crippen LogP contribution in [-0.4, -0.2) is 59.5 Å². The Morgan fingerprint density at radius 1 is 1.16 bits per heavy atom. The molecule has 2 aliphatic rings. The molecule has 1 amide bonds. The fourth-order valence-corrected chi connectivity index (χ4v) is 2.72. The molecule has 2 aliphatic heterocycles. The standard InChI is InChI=1S/C11H16F2N2O4/c12-11(13)1-3-14(4-2-11)7-5-8(9(16)17)15(6-7)10(18)19/h7-8H,1-6H2,(H,16,17)(H,18,19)/p-2/t7-,8-/m0/s1. The highest BCUT2D eigenvalue weighted by Crippen LogP contribution is 2.31. The number of carbonyl (C=O) groups is 2. The number of hydrogen-bond acceptors (Lipinski definition) is 5. The molecular formula is C11H14F2N2O4-2. The molecule has 19 heavy (non-hydrogen) atoms. The first-order valence-corrected chi connectivity index (χ1v) is 6.10. The number of carbonyl (C=O) groups excluding carboxylic acids is 2. The molecule has 8 heteroatoms. The van der Waals surface area contributed by atoms with E-state index in [0.29, 0.717) is 4.90 Å². The van der Waals surface area contributed by atoms with E-state index in [1.165, 1.54) is 0 Å². The Labute approximate surface area is 108 Å². The number of aliphatic carboxylic acids is 1. The van der Waals surface area contributed by atoms with Crippen molar-refractivity contribution < 1.29 is 28.6 Å². The van der Waals surface area contributed by atoms with E-state index in [0.717, 1.165) is 0 Å². The zero-order valence-corrected chi connectivity index (χ0v) is 10.2. The lowest BCUT2D eigenvalue weighted by atomic mass is 10.0. The average molecular weight is 276 g/mol. The molecule has 0 unspecified atom stereocenters. The van der Waals surface area contributed by atoms with E-state index >= 15 is 0 Å². The average Bonchev–Trinajstić information content (AvgIpc) is 2.74. The molecule has 0 bridgehead atoms. The minimum absolute atomic E-state index is 0.0352. The van der Waals surface area contributed by atoms with Crippen molar-refractivity contribution in [2.45, 2.75) is 37.3 Å². The van der Waals surface area contributed by atoms with Crippen molar-refractivity contribution in [1.82, 2.24) is 9.80 Å². The number of rotatable bonds is 2. The number of hydrogen-bond donors (Lipinski definition) is 0. The molecule has 2 rings (SSSR count). The van der Waals surface area contributed by atoms with E-state index in [-0.39, 0.29) is 44.9 Å². The molecular weight excluding hydrogens is 262 g/mol. The van der Waals surface area contributed by atoms with Gasteiger partial charge in [-0.15, -0.1) is 0 Å². The van der Waals surface area contributed by atoms with Crippen LogP contribution in [0.4, 0.5) is 13.6 Å². The SMILES string of the molecule is O=C([O-])[C@@H]1C[C@H](N2CCC(F)(F)CC2)CN1C(=O)[O-]. The number of likely N-dealkylation sites (tertiary alicyclic amines) is 2. The van der Waals surface area contributed by atoms with Crippen LogP contribution in [0.25, 0.3) is 0 Å². The molecule has 2 fully saturated rings. The van der Waals surface area contributed by atoms with Crippen molar-refractivity contribution in [2.75, 3.05) is 19.6 Å². The van der Waals surface area contributed by atoms with Crippen molar-refractivity contribution in [3.63, 3.8) is 0 Å². The number of piperidine rings is 1. The molecule has 0 aromatic rings. The van der Waals surface area contributed by atoms with Gasteiger partial charge in [0.15, 0.2) is 0 Å². The summed E-state index contributed by atoms with van der Waals surface area (Å²) in [4.78, 5) is 24.1. The maximum absolute atomic E-state index is 13.0. The number of halogens is 2. The van der Waals surface area contributed by atoms with Crippen LogP contribution >= 0.6 is 0 Å². The number of carboxylic acid groups (broad SMARTS) is 2. The van der Waals surface area contributed by atoms with Gasteiger partial charge in [0, 0.05) is 38.5 Å². The lowest BCUT2D eigenvalue weighted by Crippen LogP contribution is -2.51. The molecule has 0 aromatic carbocycles. The van der Waals surface area contributed by atoms with Gasteiger partial charge in [-0.3, -0.25) is 4.90 Å². The zero-order chi connectivity index (χ0) is 14.2. The highest BCUT2D eigenvalue weighted by Gasteiger charge is 2.41. The van der Waals surface area contributed by atoms with E-state index < -0.39 is 24.0 Å². The second-order valence-corrected chi connectivity index (χ2v) is 5.03. The number of amides is 1. The van der Waals surface area contributed by atoms with Crippen molar-refractivity contribution in [3.8, 4) is 0 Å². The molecule has 0 aromatic heterocycles. The fourth-order valence-electron chi connectivity index (χ4n) is 2.72. The molecule has 2 saturated heterocycles. The molecule has 2 heterocycles. The molecule has 0 radical (unpaired) electrons. The summed E-state index contributed by atoms with van der Waals surface area (Å²) in [7, 11) is 0. The summed E-state index contributed by atoms with van der Waals surface area (Å²) in [6, 6.07) is -1.62. The first-order valence-electron chi connectivity index (χ1n) is 6.10. The van der Waals surface area contributed by atoms with Crippen LogP contribution in [0.3, 0.4) is 0 Å². The molecule has 0 saturated carbocycles. The van der Waals surface area contributed by atoms with Gasteiger partial charge < -0.3 is 24.7 Å². The van der Waals surface area contributed by atoms with Gasteiger partial charge in [0.05, 0.1) is 12.0 Å². The largest absolute Gasteiger partial charge is 0.548 e. The first-order chi connectivity index (χ1) is 8.80. The van der Waals surface area contributed by atoms with Gasteiger partial charge in [-0.25, -0.2) is 8.78 Å². The van der Waals surface area contributed by atoms with Gasteiger partial charge in [-0.05, 0) is 6.42 Å². The van der Waals surface area contributed by atoms with Crippen LogP contribution in [0.5, 0.6) is 0 Å². The Balaban J connectivity index is 2.00. The monoisotopic (exact) mass is 276 g/mol. The molecule has 6 nitrogen and oxygen atoms in total. The van der Waals surface area contributed by atoms with Gasteiger partial charge in [-0.1, -0.05) is 0 Å². The smallest absolute Gasteiger partial charge is 0.250 e. The van der Waals surface area contributed by atoms with E-state index in [1.54, 1.807) is 4.90 Å². The summed E-state index contributed by atoms with van der Waals surface area (Å²) < 4.78 is 26.1. The second-order valence-electron chi connectivity index (χ2n) is 5.03. The van der Waals surface area contributed by atoms with Gasteiger partial charge >= 0.3 is 0 Å². The Morgan fingerprint density at radius 3 is 2.16 bits per heavy atom. The minimum Gasteiger partial charge on any atom is -0.548 e. The van der Waals surface area contributed by atoms with Gasteiger partial charge in [0.2, 0.25) is 0 Å². The quantitative estimate of drug-likeness (QED) is 0.597. The number of carboxylic acids is 1. The van der Waals surface area contributed by atoms with E-state index in [2.05, 4.69) is 0 Å². The van der Waals surface area contributed by atoms with Crippen LogP contribution in [0, 0.1) is 0 Å². The third-order valence-electron chi connectivity index (χ3n) is 3.83. The van der Waals surface area contributed by atoms with Gasteiger partial charge in [-0.2, -0.15) is 0 Å². The number of nitrogens with zero attached hydrogens (tertiary/aromatic N) is 2. The Bertz CT molecular complexity index is 359. The minimum atomic E-state index is -2.68. The summed E-state index contributed by atoms with van der Waals surface area (Å²) in [6.45, 7) is 0.239. The number of alkyl halides is 2. The summed E-state index contributed by atoms with van der Waals surface area (Å²) in [5, 5.41) is 21.7. The maximum atomic E-state index is 13.0. The second kappa shape index (κ2) is 4.92. The van der Waals surface area contributed by atoms with Gasteiger partial charge in [0.1, 0.15) is 6.09 Å². The maximum Gasteiger partial charge on any atom is 0.250 e. The summed E-state index contributed by atoms with van der Waals surface area (Å²) in [6.07, 6.45) is -2.09. The molecule has 108 valence electrons. The Hall–Kier alpha value is -1.44. The van der Waals surface area contributed by atoms with Crippen molar-refractivity contribution >= 4 is 12.1 Å². The molecule has 2 atom stereocenters. The molecule has 0 spiro atoms. The van der Waals surface area contributed by atoms with Crippen LogP contribution in [0.1, 0.15) is 19.3 Å². The highest BCUT2D eigenvalue weighted by molar-refractivity contribution is 5.78. The summed E-state index contributed by atoms with van der Waals surface area (Å²) in [5.74, 6) is -4.16. The first kappa shape index (κ1) is 14.0. The normalized spacial score (nSPS) is 31.4. The van der Waals surface area contributed by atoms with Crippen LogP contribution in [0.2, 0.25) is 0 Å². The third kappa shape index (κ3) is 2.94. The Kier molecular flexibility index (Phi) is 3.62. The third-order valence-corrected chi connectivity index (χ3v) is 3.83. The predicted octanol–water partition coefficient (Wildman–Crippen LogP) is -1.75. The van der Waals surface area contributed by atoms with Crippen LogP contribution in [0.15, 0.2) is 0 Å². The van der Waals surface area contributed by atoms with E-state index in [9.17, 15) is 28.6 Å². The lowest BCUT2D eigenvalue weighted by molar-refractivity contribution is -0.314. The van der Waals surface area contributed by atoms with Crippen LogP contribution < -0.4 is 10.2 Å². The summed E-state index contributed by atoms with van der Waals surface area (Å²) in [5.41, 5.74) is 0. The molecule has 0 aliphatic carbocycles. The lowest BCUT2D eigenvalue weighted by Gasteiger charge is -2.35. The zero-order valence-electron chi connectivity index (χ0n) is 10.2. The topological polar surface area (TPSA) is 86.7 Å². The van der Waals surface area contributed by atoms with Crippen molar-refractivity contribution in [3.05, 3.63) is 0 Å². The van der Waals surface area contributed by atoms with Crippen molar-refractivity contribution in [1.29, 1.82) is 0 Å². The molecule has 0 N–H and O–H groups in total. The summed E-state index contributed by atoms with van der Waals surface area (Å²) >= 11 is 0. The van der Waals surface area contributed by atoms with Gasteiger partial charge in [0.25, 0.3) is 5.92 Å². The highest BCUT2D eigenvalue weighted by atomic mass is 19.3. The van der Waals surface area contributed by atoms with E-state index in [1.807, 2.05) is 0 Å². The fraction of sp³-hybridized carbons (Fsp3) is 0.818. The van der Waals surface area contributed by atoms with Crippen LogP contribution in [-0.2, 0) is 4.79 Å².